The van der Waals surface area contributed by atoms with E-state index in [0.29, 0.717) is 21.7 Å². The number of ether oxygens (including phenoxy) is 1. The zero-order valence-corrected chi connectivity index (χ0v) is 12.7. The molecule has 4 heteroatoms. The van der Waals surface area contributed by atoms with Crippen molar-refractivity contribution in [3.63, 3.8) is 0 Å². The zero-order valence-electron chi connectivity index (χ0n) is 11.2. The molecule has 0 saturated carbocycles. The van der Waals surface area contributed by atoms with Crippen molar-refractivity contribution in [3.05, 3.63) is 27.7 Å². The van der Waals surface area contributed by atoms with E-state index >= 15 is 0 Å². The lowest BCUT2D eigenvalue weighted by Crippen LogP contribution is -2.19. The summed E-state index contributed by atoms with van der Waals surface area (Å²) in [5.41, 5.74) is 7.15. The van der Waals surface area contributed by atoms with Gasteiger partial charge in [0, 0.05) is 17.1 Å². The Morgan fingerprint density at radius 3 is 2.50 bits per heavy atom. The number of hydrogen-bond donors (Lipinski definition) is 1. The monoisotopic (exact) mass is 289 g/mol. The Balaban J connectivity index is 2.91. The lowest BCUT2D eigenvalue weighted by atomic mass is 9.91. The van der Waals surface area contributed by atoms with Crippen LogP contribution in [0.5, 0.6) is 5.75 Å². The molecule has 0 bridgehead atoms. The Morgan fingerprint density at radius 1 is 1.28 bits per heavy atom. The predicted octanol–water partition coefficient (Wildman–Crippen LogP) is 4.83. The molecule has 2 nitrogen and oxygen atoms in total. The highest BCUT2D eigenvalue weighted by molar-refractivity contribution is 6.34. The van der Waals surface area contributed by atoms with Crippen molar-refractivity contribution in [2.24, 2.45) is 11.7 Å². The third kappa shape index (κ3) is 3.78. The minimum absolute atomic E-state index is 0.0903. The van der Waals surface area contributed by atoms with Gasteiger partial charge in [0.25, 0.3) is 0 Å². The average Bonchev–Trinajstić information content (AvgIpc) is 2.37. The Morgan fingerprint density at radius 2 is 1.94 bits per heavy atom. The summed E-state index contributed by atoms with van der Waals surface area (Å²) in [6, 6.07) is 3.45. The minimum Gasteiger partial charge on any atom is -0.495 e. The van der Waals surface area contributed by atoms with Crippen molar-refractivity contribution in [2.45, 2.75) is 39.2 Å². The molecular formula is C14H21Cl2NO. The van der Waals surface area contributed by atoms with E-state index in [1.54, 1.807) is 13.2 Å². The number of methoxy groups -OCH3 is 1. The number of hydrogen-bond acceptors (Lipinski definition) is 2. The van der Waals surface area contributed by atoms with E-state index in [2.05, 4.69) is 13.8 Å². The van der Waals surface area contributed by atoms with Crippen LogP contribution in [0.15, 0.2) is 12.1 Å². The Labute approximate surface area is 119 Å². The van der Waals surface area contributed by atoms with Gasteiger partial charge in [-0.25, -0.2) is 0 Å². The van der Waals surface area contributed by atoms with Crippen LogP contribution in [0, 0.1) is 5.92 Å². The molecule has 0 radical (unpaired) electrons. The molecule has 0 saturated heterocycles. The standard InChI is InChI=1S/C14H21Cl2NO/c1-4-5-6-9(2)14(17)10-7-12(16)13(18-3)8-11(10)15/h7-9,14H,4-6,17H2,1-3H3. The van der Waals surface area contributed by atoms with E-state index < -0.39 is 0 Å². The molecule has 0 aliphatic carbocycles. The van der Waals surface area contributed by atoms with Crippen molar-refractivity contribution >= 4 is 23.2 Å². The van der Waals surface area contributed by atoms with E-state index in [1.165, 1.54) is 12.8 Å². The first-order valence-electron chi connectivity index (χ1n) is 6.29. The Kier molecular flexibility index (Phi) is 6.27. The molecule has 0 spiro atoms. The predicted molar refractivity (Wildman–Crippen MR) is 78.6 cm³/mol. The molecule has 102 valence electrons. The minimum atomic E-state index is -0.0903. The van der Waals surface area contributed by atoms with Gasteiger partial charge in [0.1, 0.15) is 5.75 Å². The fourth-order valence-corrected chi connectivity index (χ4v) is 2.50. The van der Waals surface area contributed by atoms with Crippen LogP contribution >= 0.6 is 23.2 Å². The van der Waals surface area contributed by atoms with Crippen LogP contribution in [0.4, 0.5) is 0 Å². The number of unbranched alkanes of at least 4 members (excludes halogenated alkanes) is 1. The van der Waals surface area contributed by atoms with Crippen LogP contribution in [0.2, 0.25) is 10.0 Å². The van der Waals surface area contributed by atoms with Gasteiger partial charge in [0.15, 0.2) is 0 Å². The summed E-state index contributed by atoms with van der Waals surface area (Å²) < 4.78 is 5.13. The maximum atomic E-state index is 6.26. The summed E-state index contributed by atoms with van der Waals surface area (Å²) in [5, 5.41) is 1.17. The van der Waals surface area contributed by atoms with E-state index in [9.17, 15) is 0 Å². The van der Waals surface area contributed by atoms with Gasteiger partial charge in [-0.1, -0.05) is 49.9 Å². The molecule has 0 aliphatic rings. The molecule has 18 heavy (non-hydrogen) atoms. The smallest absolute Gasteiger partial charge is 0.138 e. The molecule has 2 unspecified atom stereocenters. The molecule has 1 aromatic carbocycles. The maximum Gasteiger partial charge on any atom is 0.138 e. The van der Waals surface area contributed by atoms with Gasteiger partial charge < -0.3 is 10.5 Å². The van der Waals surface area contributed by atoms with Crippen LogP contribution in [0.3, 0.4) is 0 Å². The first kappa shape index (κ1) is 15.6. The number of rotatable bonds is 6. The maximum absolute atomic E-state index is 6.26. The second-order valence-corrected chi connectivity index (χ2v) is 5.47. The summed E-state index contributed by atoms with van der Waals surface area (Å²) in [6.07, 6.45) is 3.45. The van der Waals surface area contributed by atoms with Crippen LogP contribution in [0.25, 0.3) is 0 Å². The van der Waals surface area contributed by atoms with Crippen LogP contribution < -0.4 is 10.5 Å². The molecule has 0 aromatic heterocycles. The van der Waals surface area contributed by atoms with Crippen LogP contribution in [-0.2, 0) is 0 Å². The van der Waals surface area contributed by atoms with Crippen molar-refractivity contribution in [2.75, 3.05) is 7.11 Å². The fourth-order valence-electron chi connectivity index (χ4n) is 1.97. The van der Waals surface area contributed by atoms with Crippen molar-refractivity contribution in [1.29, 1.82) is 0 Å². The largest absolute Gasteiger partial charge is 0.495 e. The molecule has 0 heterocycles. The van der Waals surface area contributed by atoms with E-state index in [-0.39, 0.29) is 6.04 Å². The second kappa shape index (κ2) is 7.22. The molecule has 2 atom stereocenters. The normalized spacial score (nSPS) is 14.3. The van der Waals surface area contributed by atoms with E-state index in [4.69, 9.17) is 33.7 Å². The molecule has 0 amide bonds. The van der Waals surface area contributed by atoms with Crippen LogP contribution in [0.1, 0.15) is 44.7 Å². The molecule has 2 N–H and O–H groups in total. The van der Waals surface area contributed by atoms with Gasteiger partial charge in [-0.3, -0.25) is 0 Å². The highest BCUT2D eigenvalue weighted by Gasteiger charge is 2.19. The van der Waals surface area contributed by atoms with E-state index in [1.807, 2.05) is 6.07 Å². The van der Waals surface area contributed by atoms with E-state index in [0.717, 1.165) is 12.0 Å². The highest BCUT2D eigenvalue weighted by atomic mass is 35.5. The third-order valence-corrected chi connectivity index (χ3v) is 3.88. The molecule has 0 fully saturated rings. The lowest BCUT2D eigenvalue weighted by molar-refractivity contribution is 0.411. The summed E-state index contributed by atoms with van der Waals surface area (Å²) >= 11 is 12.3. The average molecular weight is 290 g/mol. The summed E-state index contributed by atoms with van der Waals surface area (Å²) in [6.45, 7) is 4.32. The van der Waals surface area contributed by atoms with Crippen molar-refractivity contribution in [1.82, 2.24) is 0 Å². The van der Waals surface area contributed by atoms with Gasteiger partial charge >= 0.3 is 0 Å². The van der Waals surface area contributed by atoms with Crippen molar-refractivity contribution in [3.8, 4) is 5.75 Å². The zero-order chi connectivity index (χ0) is 13.7. The number of nitrogens with two attached hydrogens (primary N) is 1. The SMILES string of the molecule is CCCCC(C)C(N)c1cc(Cl)c(OC)cc1Cl. The second-order valence-electron chi connectivity index (χ2n) is 4.65. The topological polar surface area (TPSA) is 35.2 Å². The first-order chi connectivity index (χ1) is 8.51. The van der Waals surface area contributed by atoms with Gasteiger partial charge in [-0.05, 0) is 24.0 Å². The lowest BCUT2D eigenvalue weighted by Gasteiger charge is -2.22. The molecule has 0 aliphatic heterocycles. The highest BCUT2D eigenvalue weighted by Crippen LogP contribution is 2.36. The fraction of sp³-hybridized carbons (Fsp3) is 0.571. The quantitative estimate of drug-likeness (QED) is 0.814. The summed E-state index contributed by atoms with van der Waals surface area (Å²) in [4.78, 5) is 0. The number of halogens is 2. The number of benzene rings is 1. The summed E-state index contributed by atoms with van der Waals surface area (Å²) in [5.74, 6) is 0.964. The van der Waals surface area contributed by atoms with Gasteiger partial charge in [0.05, 0.1) is 12.1 Å². The molecular weight excluding hydrogens is 269 g/mol. The Bertz CT molecular complexity index is 396. The van der Waals surface area contributed by atoms with Gasteiger partial charge in [-0.15, -0.1) is 0 Å². The Hall–Kier alpha value is -0.440. The van der Waals surface area contributed by atoms with Crippen molar-refractivity contribution < 1.29 is 4.74 Å². The summed E-state index contributed by atoms with van der Waals surface area (Å²) in [7, 11) is 1.57. The molecule has 1 rings (SSSR count). The van der Waals surface area contributed by atoms with Gasteiger partial charge in [0.2, 0.25) is 0 Å². The first-order valence-corrected chi connectivity index (χ1v) is 7.05. The van der Waals surface area contributed by atoms with Gasteiger partial charge in [-0.2, -0.15) is 0 Å². The van der Waals surface area contributed by atoms with Crippen LogP contribution in [-0.4, -0.2) is 7.11 Å². The third-order valence-electron chi connectivity index (χ3n) is 3.26. The molecule has 1 aromatic rings.